The lowest BCUT2D eigenvalue weighted by molar-refractivity contribution is -0.178. The lowest BCUT2D eigenvalue weighted by Gasteiger charge is -2.64. The van der Waals surface area contributed by atoms with Gasteiger partial charge in [-0.15, -0.1) is 0 Å². The Morgan fingerprint density at radius 2 is 1.49 bits per heavy atom. The first kappa shape index (κ1) is 31.5. The summed E-state index contributed by atoms with van der Waals surface area (Å²) in [7, 11) is 1.93. The molecule has 0 radical (unpaired) electrons. The van der Waals surface area contributed by atoms with Crippen LogP contribution in [0.5, 0.6) is 0 Å². The van der Waals surface area contributed by atoms with E-state index in [4.69, 9.17) is 21.1 Å². The summed E-state index contributed by atoms with van der Waals surface area (Å²) in [6.45, 7) is 17.6. The summed E-state index contributed by atoms with van der Waals surface area (Å²) in [6, 6.07) is 7.34. The van der Waals surface area contributed by atoms with E-state index in [1.807, 2.05) is 25.3 Å². The molecule has 1 N–H and O–H groups in total. The van der Waals surface area contributed by atoms with E-state index in [9.17, 15) is 4.79 Å². The molecule has 5 heteroatoms. The zero-order chi connectivity index (χ0) is 31.0. The molecule has 238 valence electrons. The maximum absolute atomic E-state index is 13.0. The number of fused-ring (bicyclic) bond motifs is 6. The molecule has 1 aromatic rings. The Labute approximate surface area is 266 Å². The molecule has 1 aromatic carbocycles. The van der Waals surface area contributed by atoms with Crippen LogP contribution in [-0.2, 0) is 9.47 Å². The van der Waals surface area contributed by atoms with Crippen LogP contribution in [0.2, 0.25) is 5.02 Å². The number of hydrogen-bond donors (Lipinski definition) is 1. The smallest absolute Gasteiger partial charge is 0.411 e. The van der Waals surface area contributed by atoms with Crippen molar-refractivity contribution in [3.05, 3.63) is 40.9 Å². The van der Waals surface area contributed by atoms with Crippen LogP contribution in [0.4, 0.5) is 10.5 Å². The van der Waals surface area contributed by atoms with Gasteiger partial charge in [0.1, 0.15) is 6.10 Å². The van der Waals surface area contributed by atoms with Crippen LogP contribution in [-0.4, -0.2) is 25.4 Å². The number of amides is 1. The maximum atomic E-state index is 13.0. The molecule has 4 saturated carbocycles. The van der Waals surface area contributed by atoms with Crippen molar-refractivity contribution in [3.8, 4) is 0 Å². The molecular weight excluding hydrogens is 554 g/mol. The first-order valence-corrected chi connectivity index (χ1v) is 17.5. The minimum atomic E-state index is -0.401. The molecule has 4 nitrogen and oxygen atoms in total. The lowest BCUT2D eigenvalue weighted by Crippen LogP contribution is -2.58. The van der Waals surface area contributed by atoms with Crippen LogP contribution in [0.3, 0.4) is 0 Å². The third-order valence-electron chi connectivity index (χ3n) is 14.4. The Hall–Kier alpha value is -1.52. The van der Waals surface area contributed by atoms with Gasteiger partial charge in [-0.25, -0.2) is 4.79 Å². The molecule has 5 aliphatic carbocycles. The molecule has 4 fully saturated rings. The number of nitrogens with one attached hydrogen (secondary N) is 1. The van der Waals surface area contributed by atoms with E-state index in [-0.39, 0.29) is 22.3 Å². The molecule has 5 aliphatic rings. The molecule has 9 atom stereocenters. The van der Waals surface area contributed by atoms with Crippen molar-refractivity contribution in [3.63, 3.8) is 0 Å². The Bertz CT molecular complexity index is 1270. The van der Waals surface area contributed by atoms with Crippen LogP contribution in [0.25, 0.3) is 0 Å². The Kier molecular flexibility index (Phi) is 7.89. The number of hydrogen-bond acceptors (Lipinski definition) is 3. The summed E-state index contributed by atoms with van der Waals surface area (Å²) in [5.74, 6) is 2.58. The minimum absolute atomic E-state index is 0.116. The van der Waals surface area contributed by atoms with E-state index >= 15 is 0 Å². The van der Waals surface area contributed by atoms with Crippen molar-refractivity contribution in [2.24, 2.45) is 50.7 Å². The summed E-state index contributed by atoms with van der Waals surface area (Å²) in [6.07, 6.45) is 14.7. The summed E-state index contributed by atoms with van der Waals surface area (Å²) in [4.78, 5) is 13.0. The van der Waals surface area contributed by atoms with Crippen molar-refractivity contribution in [1.29, 1.82) is 0 Å². The van der Waals surface area contributed by atoms with E-state index < -0.39 is 6.09 Å². The molecule has 0 spiro atoms. The SMILES string of the molecule is CO[C@H]1CC[C@@]2(C)[C@@H](CC[C@@]3(C)CC4=CC[C@H]5C(C)(C)[C@H](OC(=O)Nc6ccccc6Cl)CC[C@]5(C)[C@H]4CC[C@@H]32)C1(C)C. The molecule has 0 aromatic heterocycles. The third-order valence-corrected chi connectivity index (χ3v) is 14.8. The number of halogens is 1. The van der Waals surface area contributed by atoms with Crippen LogP contribution < -0.4 is 5.32 Å². The molecule has 6 rings (SSSR count). The highest BCUT2D eigenvalue weighted by Crippen LogP contribution is 2.70. The van der Waals surface area contributed by atoms with E-state index in [2.05, 4.69) is 59.9 Å². The molecule has 0 aliphatic heterocycles. The van der Waals surface area contributed by atoms with Gasteiger partial charge in [0.15, 0.2) is 0 Å². The summed E-state index contributed by atoms with van der Waals surface area (Å²) < 4.78 is 12.3. The van der Waals surface area contributed by atoms with Crippen molar-refractivity contribution in [2.45, 2.75) is 125 Å². The van der Waals surface area contributed by atoms with Crippen LogP contribution >= 0.6 is 11.6 Å². The second-order valence-electron chi connectivity index (χ2n) is 17.1. The standard InChI is InChI=1S/C38H56ClNO3/c1-34(2)29-17-20-36(5)23-24-13-15-28-35(3,4)32(43-33(41)40-27-12-10-9-11-26(27)39)19-21-37(28,6)25(24)14-16-30(36)38(29,7)22-18-31(34)42-8/h9-13,25,28-32H,14-23H2,1-8H3,(H,40,41)/t25-,28-,29-,30-,31-,32+,36-,37+,38-/m0/s1. The fraction of sp³-hybridized carbons (Fsp3) is 0.763. The largest absolute Gasteiger partial charge is 0.445 e. The minimum Gasteiger partial charge on any atom is -0.445 e. The fourth-order valence-electron chi connectivity index (χ4n) is 12.4. The van der Waals surface area contributed by atoms with E-state index in [0.717, 1.165) is 31.1 Å². The number of methoxy groups -OCH3 is 1. The molecule has 0 saturated heterocycles. The third kappa shape index (κ3) is 4.91. The predicted molar refractivity (Wildman–Crippen MR) is 176 cm³/mol. The average Bonchev–Trinajstić information content (AvgIpc) is 3.09. The van der Waals surface area contributed by atoms with Gasteiger partial charge in [-0.3, -0.25) is 5.32 Å². The Morgan fingerprint density at radius 3 is 2.21 bits per heavy atom. The van der Waals surface area contributed by atoms with Crippen LogP contribution in [0, 0.1) is 50.7 Å². The highest BCUT2D eigenvalue weighted by Gasteiger charge is 2.63. The highest BCUT2D eigenvalue weighted by molar-refractivity contribution is 6.33. The zero-order valence-corrected chi connectivity index (χ0v) is 28.8. The van der Waals surface area contributed by atoms with Crippen LogP contribution in [0.1, 0.15) is 113 Å². The van der Waals surface area contributed by atoms with E-state index in [1.54, 1.807) is 11.6 Å². The average molecular weight is 610 g/mol. The second-order valence-corrected chi connectivity index (χ2v) is 17.5. The van der Waals surface area contributed by atoms with Crippen molar-refractivity contribution in [2.75, 3.05) is 12.4 Å². The Morgan fingerprint density at radius 1 is 0.814 bits per heavy atom. The number of carbonyl (C=O) groups excluding carboxylic acids is 1. The van der Waals surface area contributed by atoms with Crippen molar-refractivity contribution >= 4 is 23.4 Å². The summed E-state index contributed by atoms with van der Waals surface area (Å²) in [5, 5.41) is 3.41. The first-order valence-electron chi connectivity index (χ1n) is 17.1. The topological polar surface area (TPSA) is 47.6 Å². The normalized spacial score (nSPS) is 43.0. The van der Waals surface area contributed by atoms with Crippen LogP contribution in [0.15, 0.2) is 35.9 Å². The monoisotopic (exact) mass is 609 g/mol. The van der Waals surface area contributed by atoms with Gasteiger partial charge in [0, 0.05) is 12.5 Å². The molecule has 0 heterocycles. The number of anilines is 1. The molecule has 1 amide bonds. The number of para-hydroxylation sites is 1. The maximum Gasteiger partial charge on any atom is 0.411 e. The molecule has 0 unspecified atom stereocenters. The highest BCUT2D eigenvalue weighted by atomic mass is 35.5. The van der Waals surface area contributed by atoms with Gasteiger partial charge >= 0.3 is 6.09 Å². The summed E-state index contributed by atoms with van der Waals surface area (Å²) >= 11 is 6.30. The molecular formula is C38H56ClNO3. The van der Waals surface area contributed by atoms with Gasteiger partial charge in [0.05, 0.1) is 16.8 Å². The first-order chi connectivity index (χ1) is 20.2. The number of carbonyl (C=O) groups is 1. The van der Waals surface area contributed by atoms with Gasteiger partial charge in [0.25, 0.3) is 0 Å². The zero-order valence-electron chi connectivity index (χ0n) is 28.0. The van der Waals surface area contributed by atoms with Gasteiger partial charge < -0.3 is 9.47 Å². The lowest BCUT2D eigenvalue weighted by atomic mass is 9.42. The van der Waals surface area contributed by atoms with Gasteiger partial charge in [0.2, 0.25) is 0 Å². The Balaban J connectivity index is 1.22. The summed E-state index contributed by atoms with van der Waals surface area (Å²) in [5.41, 5.74) is 3.43. The number of benzene rings is 1. The number of ether oxygens (including phenoxy) is 2. The molecule has 43 heavy (non-hydrogen) atoms. The quantitative estimate of drug-likeness (QED) is 0.347. The van der Waals surface area contributed by atoms with E-state index in [1.165, 1.54) is 44.9 Å². The van der Waals surface area contributed by atoms with Gasteiger partial charge in [-0.1, -0.05) is 83.8 Å². The van der Waals surface area contributed by atoms with Crippen molar-refractivity contribution < 1.29 is 14.3 Å². The van der Waals surface area contributed by atoms with Gasteiger partial charge in [-0.05, 0) is 122 Å². The van der Waals surface area contributed by atoms with Crippen molar-refractivity contribution in [1.82, 2.24) is 0 Å². The second kappa shape index (κ2) is 10.8. The number of rotatable bonds is 3. The fourth-order valence-corrected chi connectivity index (χ4v) is 12.6. The molecule has 0 bridgehead atoms. The number of allylic oxidation sites excluding steroid dienone is 2. The predicted octanol–water partition coefficient (Wildman–Crippen LogP) is 10.7. The van der Waals surface area contributed by atoms with Gasteiger partial charge in [-0.2, -0.15) is 0 Å². The van der Waals surface area contributed by atoms with E-state index in [0.29, 0.717) is 39.5 Å².